The lowest BCUT2D eigenvalue weighted by molar-refractivity contribution is -0.385. The van der Waals surface area contributed by atoms with E-state index in [1.807, 2.05) is 13.8 Å². The van der Waals surface area contributed by atoms with Crippen molar-refractivity contribution in [3.63, 3.8) is 0 Å². The minimum Gasteiger partial charge on any atom is -0.487 e. The van der Waals surface area contributed by atoms with Gasteiger partial charge in [-0.1, -0.05) is 26.1 Å². The van der Waals surface area contributed by atoms with Crippen LogP contribution in [0.4, 0.5) is 5.69 Å². The Morgan fingerprint density at radius 2 is 2.24 bits per heavy atom. The smallest absolute Gasteiger partial charge is 0.311 e. The van der Waals surface area contributed by atoms with Gasteiger partial charge in [-0.15, -0.1) is 0 Å². The minimum atomic E-state index is -0.503. The lowest BCUT2D eigenvalue weighted by atomic mass is 10.2. The van der Waals surface area contributed by atoms with E-state index in [9.17, 15) is 10.1 Å². The summed E-state index contributed by atoms with van der Waals surface area (Å²) >= 11 is 4.77. The molecule has 0 heterocycles. The molecule has 2 N–H and O–H groups in total. The quantitative estimate of drug-likeness (QED) is 0.495. The zero-order valence-corrected chi connectivity index (χ0v) is 10.5. The van der Waals surface area contributed by atoms with Crippen LogP contribution in [0.25, 0.3) is 0 Å². The standard InChI is InChI=1S/C11H14N2O3S/c1-7(2)6-16-10-4-3-8(11(12)17)5-9(10)13(14)15/h3-5,7H,6H2,1-2H3,(H2,12,17). The van der Waals surface area contributed by atoms with Crippen molar-refractivity contribution in [3.05, 3.63) is 33.9 Å². The fourth-order valence-electron chi connectivity index (χ4n) is 1.19. The summed E-state index contributed by atoms with van der Waals surface area (Å²) in [7, 11) is 0. The van der Waals surface area contributed by atoms with E-state index in [4.69, 9.17) is 22.7 Å². The Bertz CT molecular complexity index is 446. The van der Waals surface area contributed by atoms with Crippen molar-refractivity contribution < 1.29 is 9.66 Å². The van der Waals surface area contributed by atoms with Gasteiger partial charge in [-0.3, -0.25) is 10.1 Å². The number of rotatable bonds is 5. The van der Waals surface area contributed by atoms with Gasteiger partial charge in [0.15, 0.2) is 5.75 Å². The Morgan fingerprint density at radius 1 is 1.59 bits per heavy atom. The highest BCUT2D eigenvalue weighted by Gasteiger charge is 2.17. The average molecular weight is 254 g/mol. The third-order valence-electron chi connectivity index (χ3n) is 2.01. The zero-order valence-electron chi connectivity index (χ0n) is 9.67. The molecule has 0 unspecified atom stereocenters. The Morgan fingerprint density at radius 3 is 2.71 bits per heavy atom. The first kappa shape index (κ1) is 13.4. The van der Waals surface area contributed by atoms with Crippen molar-refractivity contribution in [1.82, 2.24) is 0 Å². The highest BCUT2D eigenvalue weighted by atomic mass is 32.1. The maximum Gasteiger partial charge on any atom is 0.311 e. The predicted octanol–water partition coefficient (Wildman–Crippen LogP) is 2.26. The van der Waals surface area contributed by atoms with Crippen molar-refractivity contribution in [3.8, 4) is 5.75 Å². The molecule has 1 aromatic carbocycles. The van der Waals surface area contributed by atoms with Crippen LogP contribution in [0.1, 0.15) is 19.4 Å². The van der Waals surface area contributed by atoms with Crippen LogP contribution in [-0.4, -0.2) is 16.5 Å². The lowest BCUT2D eigenvalue weighted by Crippen LogP contribution is -2.11. The van der Waals surface area contributed by atoms with E-state index in [0.717, 1.165) is 0 Å². The summed E-state index contributed by atoms with van der Waals surface area (Å²) in [6, 6.07) is 4.47. The molecule has 0 saturated carbocycles. The molecule has 0 spiro atoms. The number of nitro groups is 1. The predicted molar refractivity (Wildman–Crippen MR) is 69.3 cm³/mol. The van der Waals surface area contributed by atoms with Crippen molar-refractivity contribution in [2.75, 3.05) is 6.61 Å². The van der Waals surface area contributed by atoms with Crippen molar-refractivity contribution in [2.45, 2.75) is 13.8 Å². The first-order valence-corrected chi connectivity index (χ1v) is 5.53. The maximum atomic E-state index is 10.9. The highest BCUT2D eigenvalue weighted by Crippen LogP contribution is 2.28. The molecule has 92 valence electrons. The molecule has 0 bridgehead atoms. The van der Waals surface area contributed by atoms with Gasteiger partial charge in [0.25, 0.3) is 0 Å². The Kier molecular flexibility index (Phi) is 4.39. The van der Waals surface area contributed by atoms with Gasteiger partial charge >= 0.3 is 5.69 Å². The fourth-order valence-corrected chi connectivity index (χ4v) is 1.32. The van der Waals surface area contributed by atoms with Gasteiger partial charge in [0.05, 0.1) is 11.5 Å². The molecular weight excluding hydrogens is 240 g/mol. The molecule has 0 fully saturated rings. The van der Waals surface area contributed by atoms with Crippen molar-refractivity contribution in [1.29, 1.82) is 0 Å². The second-order valence-corrected chi connectivity index (χ2v) is 4.45. The minimum absolute atomic E-state index is 0.115. The average Bonchev–Trinajstić information content (AvgIpc) is 2.25. The van der Waals surface area contributed by atoms with E-state index < -0.39 is 4.92 Å². The van der Waals surface area contributed by atoms with Crippen LogP contribution in [0.2, 0.25) is 0 Å². The zero-order chi connectivity index (χ0) is 13.0. The van der Waals surface area contributed by atoms with Crippen LogP contribution in [-0.2, 0) is 0 Å². The van der Waals surface area contributed by atoms with E-state index in [2.05, 4.69) is 0 Å². The molecule has 0 atom stereocenters. The number of nitro benzene ring substituents is 1. The van der Waals surface area contributed by atoms with Gasteiger partial charge < -0.3 is 10.5 Å². The monoisotopic (exact) mass is 254 g/mol. The SMILES string of the molecule is CC(C)COc1ccc(C(N)=S)cc1[N+](=O)[O-]. The molecule has 0 radical (unpaired) electrons. The molecule has 0 aliphatic rings. The van der Waals surface area contributed by atoms with Gasteiger partial charge in [-0.05, 0) is 18.1 Å². The van der Waals surface area contributed by atoms with Crippen LogP contribution >= 0.6 is 12.2 Å². The summed E-state index contributed by atoms with van der Waals surface area (Å²) < 4.78 is 5.37. The summed E-state index contributed by atoms with van der Waals surface area (Å²) in [5.74, 6) is 0.536. The van der Waals surface area contributed by atoms with Crippen LogP contribution < -0.4 is 10.5 Å². The van der Waals surface area contributed by atoms with E-state index in [-0.39, 0.29) is 16.4 Å². The molecule has 0 aliphatic heterocycles. The molecule has 0 saturated heterocycles. The number of benzene rings is 1. The third kappa shape index (κ3) is 3.67. The summed E-state index contributed by atoms with van der Waals surface area (Å²) in [6.45, 7) is 4.36. The molecule has 17 heavy (non-hydrogen) atoms. The molecule has 1 rings (SSSR count). The molecule has 6 heteroatoms. The van der Waals surface area contributed by atoms with Gasteiger partial charge in [0.1, 0.15) is 4.99 Å². The molecule has 1 aromatic rings. The Balaban J connectivity index is 3.04. The second-order valence-electron chi connectivity index (χ2n) is 4.01. The highest BCUT2D eigenvalue weighted by molar-refractivity contribution is 7.80. The molecule has 0 aromatic heterocycles. The van der Waals surface area contributed by atoms with Crippen molar-refractivity contribution in [2.24, 2.45) is 11.7 Å². The van der Waals surface area contributed by atoms with Crippen LogP contribution in [0.15, 0.2) is 18.2 Å². The normalized spacial score (nSPS) is 10.3. The number of ether oxygens (including phenoxy) is 1. The largest absolute Gasteiger partial charge is 0.487 e. The van der Waals surface area contributed by atoms with Gasteiger partial charge in [0.2, 0.25) is 0 Å². The van der Waals surface area contributed by atoms with E-state index in [0.29, 0.717) is 18.1 Å². The fraction of sp³-hybridized carbons (Fsp3) is 0.364. The van der Waals surface area contributed by atoms with E-state index >= 15 is 0 Å². The number of hydrogen-bond donors (Lipinski definition) is 1. The van der Waals surface area contributed by atoms with Crippen LogP contribution in [0, 0.1) is 16.0 Å². The second kappa shape index (κ2) is 5.58. The van der Waals surface area contributed by atoms with E-state index in [1.165, 1.54) is 12.1 Å². The first-order valence-electron chi connectivity index (χ1n) is 5.13. The van der Waals surface area contributed by atoms with Gasteiger partial charge in [0, 0.05) is 11.6 Å². The third-order valence-corrected chi connectivity index (χ3v) is 2.25. The summed E-state index contributed by atoms with van der Waals surface area (Å²) in [5, 5.41) is 10.9. The number of nitrogens with zero attached hydrogens (tertiary/aromatic N) is 1. The van der Waals surface area contributed by atoms with E-state index in [1.54, 1.807) is 6.07 Å². The topological polar surface area (TPSA) is 78.4 Å². The molecular formula is C11H14N2O3S. The molecule has 0 amide bonds. The Hall–Kier alpha value is -1.69. The summed E-state index contributed by atoms with van der Waals surface area (Å²) in [6.07, 6.45) is 0. The van der Waals surface area contributed by atoms with Gasteiger partial charge in [-0.25, -0.2) is 0 Å². The summed E-state index contributed by atoms with van der Waals surface area (Å²) in [4.78, 5) is 10.5. The maximum absolute atomic E-state index is 10.9. The number of hydrogen-bond acceptors (Lipinski definition) is 4. The number of nitrogens with two attached hydrogens (primary N) is 1. The van der Waals surface area contributed by atoms with Gasteiger partial charge in [-0.2, -0.15) is 0 Å². The molecule has 5 nitrogen and oxygen atoms in total. The lowest BCUT2D eigenvalue weighted by Gasteiger charge is -2.09. The Labute approximate surface area is 105 Å². The molecule has 0 aliphatic carbocycles. The van der Waals surface area contributed by atoms with Crippen molar-refractivity contribution >= 4 is 22.9 Å². The van der Waals surface area contributed by atoms with Crippen LogP contribution in [0.5, 0.6) is 5.75 Å². The van der Waals surface area contributed by atoms with Crippen LogP contribution in [0.3, 0.4) is 0 Å². The number of thiocarbonyl (C=S) groups is 1. The summed E-state index contributed by atoms with van der Waals surface area (Å²) in [5.41, 5.74) is 5.77. The first-order chi connectivity index (χ1) is 7.91.